The molecule has 1 unspecified atom stereocenters. The van der Waals surface area contributed by atoms with E-state index in [1.165, 1.54) is 12.8 Å². The van der Waals surface area contributed by atoms with Crippen LogP contribution in [0, 0.1) is 6.92 Å². The molecule has 1 fully saturated rings. The van der Waals surface area contributed by atoms with Gasteiger partial charge in [0.25, 0.3) is 5.91 Å². The molecule has 0 radical (unpaired) electrons. The number of rotatable bonds is 6. The number of amides is 1. The molecule has 26 heavy (non-hydrogen) atoms. The molecule has 134 valence electrons. The molecule has 3 aromatic rings. The van der Waals surface area contributed by atoms with E-state index in [2.05, 4.69) is 15.3 Å². The van der Waals surface area contributed by atoms with Crippen LogP contribution in [0.1, 0.15) is 46.1 Å². The number of hydrogen-bond acceptors (Lipinski definition) is 3. The number of hydrogen-bond donors (Lipinski definition) is 3. The molecule has 3 N–H and O–H groups in total. The first-order valence-corrected chi connectivity index (χ1v) is 9.10. The van der Waals surface area contributed by atoms with E-state index in [-0.39, 0.29) is 18.6 Å². The average molecular weight is 349 g/mol. The van der Waals surface area contributed by atoms with Gasteiger partial charge in [-0.25, -0.2) is 0 Å². The number of carbonyl (C=O) groups excluding carboxylic acids is 1. The van der Waals surface area contributed by atoms with Crippen LogP contribution in [0.15, 0.2) is 42.6 Å². The van der Waals surface area contributed by atoms with Gasteiger partial charge in [-0.2, -0.15) is 0 Å². The molecule has 0 bridgehead atoms. The Bertz CT molecular complexity index is 943. The van der Waals surface area contributed by atoms with Gasteiger partial charge in [0.1, 0.15) is 0 Å². The number of aliphatic hydroxyl groups excluding tert-OH is 1. The van der Waals surface area contributed by atoms with Crippen molar-refractivity contribution >= 4 is 16.8 Å². The van der Waals surface area contributed by atoms with E-state index >= 15 is 0 Å². The van der Waals surface area contributed by atoms with Crippen LogP contribution < -0.4 is 5.32 Å². The Morgan fingerprint density at radius 3 is 2.85 bits per heavy atom. The molecule has 5 heteroatoms. The van der Waals surface area contributed by atoms with Gasteiger partial charge in [0.15, 0.2) is 0 Å². The number of pyridine rings is 1. The van der Waals surface area contributed by atoms with Crippen LogP contribution in [0.4, 0.5) is 0 Å². The summed E-state index contributed by atoms with van der Waals surface area (Å²) >= 11 is 0. The molecular formula is C21H23N3O2. The molecule has 4 rings (SSSR count). The van der Waals surface area contributed by atoms with Gasteiger partial charge in [-0.3, -0.25) is 9.78 Å². The summed E-state index contributed by atoms with van der Waals surface area (Å²) < 4.78 is 0. The number of aliphatic hydroxyl groups is 1. The quantitative estimate of drug-likeness (QED) is 0.640. The highest BCUT2D eigenvalue weighted by Crippen LogP contribution is 2.39. The lowest BCUT2D eigenvalue weighted by atomic mass is 10.0. The lowest BCUT2D eigenvalue weighted by Gasteiger charge is -2.17. The van der Waals surface area contributed by atoms with Crippen molar-refractivity contribution in [2.45, 2.75) is 38.1 Å². The van der Waals surface area contributed by atoms with Gasteiger partial charge in [-0.05, 0) is 49.9 Å². The van der Waals surface area contributed by atoms with E-state index in [1.807, 2.05) is 49.5 Å². The van der Waals surface area contributed by atoms with Crippen molar-refractivity contribution in [1.29, 1.82) is 0 Å². The molecule has 1 aliphatic rings. The van der Waals surface area contributed by atoms with Gasteiger partial charge in [0.05, 0.1) is 23.9 Å². The Hall–Kier alpha value is -2.66. The number of fused-ring (bicyclic) bond motifs is 1. The zero-order valence-corrected chi connectivity index (χ0v) is 14.8. The molecular weight excluding hydrogens is 326 g/mol. The third-order valence-corrected chi connectivity index (χ3v) is 5.04. The monoisotopic (exact) mass is 349 g/mol. The number of aryl methyl sites for hydroxylation is 1. The smallest absolute Gasteiger partial charge is 0.253 e. The summed E-state index contributed by atoms with van der Waals surface area (Å²) in [6.07, 6.45) is 4.89. The fraction of sp³-hybridized carbons (Fsp3) is 0.333. The number of para-hydroxylation sites is 1. The van der Waals surface area contributed by atoms with Crippen LogP contribution >= 0.6 is 0 Å². The van der Waals surface area contributed by atoms with Crippen LogP contribution in [0.2, 0.25) is 0 Å². The SMILES string of the molecule is Cc1nc(C2CC2)ccc1C(=O)NC(CO)Cc1c[nH]c2ccccc12. The molecule has 1 aromatic carbocycles. The molecule has 0 spiro atoms. The van der Waals surface area contributed by atoms with Crippen LogP contribution in [0.25, 0.3) is 10.9 Å². The highest BCUT2D eigenvalue weighted by molar-refractivity contribution is 5.95. The van der Waals surface area contributed by atoms with Crippen LogP contribution in [-0.2, 0) is 6.42 Å². The first kappa shape index (κ1) is 16.8. The van der Waals surface area contributed by atoms with Gasteiger partial charge < -0.3 is 15.4 Å². The second-order valence-corrected chi connectivity index (χ2v) is 7.06. The number of nitrogens with zero attached hydrogens (tertiary/aromatic N) is 1. The summed E-state index contributed by atoms with van der Waals surface area (Å²) in [4.78, 5) is 20.5. The second-order valence-electron chi connectivity index (χ2n) is 7.06. The zero-order valence-electron chi connectivity index (χ0n) is 14.8. The minimum absolute atomic E-state index is 0.113. The number of nitrogens with one attached hydrogen (secondary N) is 2. The molecule has 1 amide bonds. The van der Waals surface area contributed by atoms with Crippen molar-refractivity contribution in [2.24, 2.45) is 0 Å². The fourth-order valence-electron chi connectivity index (χ4n) is 3.42. The standard InChI is InChI=1S/C21H23N3O2/c1-13-17(8-9-19(23-13)14-6-7-14)21(26)24-16(12-25)10-15-11-22-20-5-3-2-4-18(15)20/h2-5,8-9,11,14,16,22,25H,6-7,10,12H2,1H3,(H,24,26). The first-order valence-electron chi connectivity index (χ1n) is 9.10. The van der Waals surface area contributed by atoms with Gasteiger partial charge >= 0.3 is 0 Å². The number of H-pyrrole nitrogens is 1. The van der Waals surface area contributed by atoms with Crippen LogP contribution in [-0.4, -0.2) is 33.6 Å². The van der Waals surface area contributed by atoms with Crippen molar-refractivity contribution in [3.8, 4) is 0 Å². The maximum Gasteiger partial charge on any atom is 0.253 e. The third-order valence-electron chi connectivity index (χ3n) is 5.04. The Morgan fingerprint density at radius 2 is 2.12 bits per heavy atom. The first-order chi connectivity index (χ1) is 12.7. The van der Waals surface area contributed by atoms with Crippen molar-refractivity contribution in [1.82, 2.24) is 15.3 Å². The lowest BCUT2D eigenvalue weighted by molar-refractivity contribution is 0.0915. The predicted octanol–water partition coefficient (Wildman–Crippen LogP) is 3.08. The van der Waals surface area contributed by atoms with Gasteiger partial charge in [0.2, 0.25) is 0 Å². The number of aromatic amines is 1. The summed E-state index contributed by atoms with van der Waals surface area (Å²) in [7, 11) is 0. The van der Waals surface area contributed by atoms with E-state index in [4.69, 9.17) is 0 Å². The molecule has 2 heterocycles. The predicted molar refractivity (Wildman–Crippen MR) is 101 cm³/mol. The fourth-order valence-corrected chi connectivity index (χ4v) is 3.42. The highest BCUT2D eigenvalue weighted by atomic mass is 16.3. The normalized spacial score (nSPS) is 15.2. The summed E-state index contributed by atoms with van der Waals surface area (Å²) in [6.45, 7) is 1.76. The largest absolute Gasteiger partial charge is 0.394 e. The van der Waals surface area contributed by atoms with Crippen molar-refractivity contribution in [2.75, 3.05) is 6.61 Å². The van der Waals surface area contributed by atoms with Gasteiger partial charge in [-0.1, -0.05) is 18.2 Å². The van der Waals surface area contributed by atoms with Crippen LogP contribution in [0.5, 0.6) is 0 Å². The minimum atomic E-state index is -0.343. The van der Waals surface area contributed by atoms with Crippen molar-refractivity contribution in [3.05, 3.63) is 65.1 Å². The van der Waals surface area contributed by atoms with E-state index in [1.54, 1.807) is 0 Å². The molecule has 2 aromatic heterocycles. The van der Waals surface area contributed by atoms with Crippen LogP contribution in [0.3, 0.4) is 0 Å². The van der Waals surface area contributed by atoms with E-state index in [0.717, 1.165) is 27.9 Å². The summed E-state index contributed by atoms with van der Waals surface area (Å²) in [5.74, 6) is 0.383. The average Bonchev–Trinajstić information content (AvgIpc) is 3.43. The van der Waals surface area contributed by atoms with Crippen molar-refractivity contribution < 1.29 is 9.90 Å². The van der Waals surface area contributed by atoms with Gasteiger partial charge in [-0.15, -0.1) is 0 Å². The van der Waals surface area contributed by atoms with Gasteiger partial charge in [0, 0.05) is 28.7 Å². The molecule has 1 aliphatic carbocycles. The van der Waals surface area contributed by atoms with E-state index in [0.29, 0.717) is 17.9 Å². The van der Waals surface area contributed by atoms with Crippen molar-refractivity contribution in [3.63, 3.8) is 0 Å². The molecule has 0 saturated heterocycles. The Labute approximate surface area is 152 Å². The highest BCUT2D eigenvalue weighted by Gasteiger charge is 2.26. The third kappa shape index (κ3) is 3.35. The maximum absolute atomic E-state index is 12.7. The molecule has 0 aliphatic heterocycles. The summed E-state index contributed by atoms with van der Waals surface area (Å²) in [5, 5.41) is 13.8. The summed E-state index contributed by atoms with van der Waals surface area (Å²) in [6, 6.07) is 11.5. The molecule has 1 atom stereocenters. The number of aromatic nitrogens is 2. The Balaban J connectivity index is 1.48. The zero-order chi connectivity index (χ0) is 18.1. The Kier molecular flexibility index (Phi) is 4.47. The van der Waals surface area contributed by atoms with E-state index in [9.17, 15) is 9.90 Å². The minimum Gasteiger partial charge on any atom is -0.394 e. The van der Waals surface area contributed by atoms with E-state index < -0.39 is 0 Å². The second kappa shape index (κ2) is 6.92. The topological polar surface area (TPSA) is 78.0 Å². The lowest BCUT2D eigenvalue weighted by Crippen LogP contribution is -2.39. The number of benzene rings is 1. The Morgan fingerprint density at radius 1 is 1.31 bits per heavy atom. The number of carbonyl (C=O) groups is 1. The maximum atomic E-state index is 12.7. The molecule has 5 nitrogen and oxygen atoms in total. The molecule has 1 saturated carbocycles. The summed E-state index contributed by atoms with van der Waals surface area (Å²) in [5.41, 5.74) is 4.54.